The van der Waals surface area contributed by atoms with Gasteiger partial charge in [-0.05, 0) is 24.3 Å². The van der Waals surface area contributed by atoms with Crippen LogP contribution < -0.4 is 11.1 Å². The smallest absolute Gasteiger partial charge is 0.244 e. The molecule has 4 nitrogen and oxygen atoms in total. The largest absolute Gasteiger partial charge is 0.507 e. The number of phenols is 1. The van der Waals surface area contributed by atoms with Crippen molar-refractivity contribution in [3.63, 3.8) is 0 Å². The molecule has 0 atom stereocenters. The second-order valence-electron chi connectivity index (χ2n) is 3.19. The molecule has 0 aliphatic rings. The van der Waals surface area contributed by atoms with Crippen molar-refractivity contribution in [3.05, 3.63) is 42.5 Å². The number of halogens is 1. The topological polar surface area (TPSA) is 75.4 Å². The summed E-state index contributed by atoms with van der Waals surface area (Å²) >= 11 is 0. The molecule has 1 rings (SSSR count). The third-order valence-electron chi connectivity index (χ3n) is 1.89. The maximum absolute atomic E-state index is 11.2. The van der Waals surface area contributed by atoms with Gasteiger partial charge in [-0.3, -0.25) is 4.79 Å². The van der Waals surface area contributed by atoms with Gasteiger partial charge in [-0.25, -0.2) is 0 Å². The summed E-state index contributed by atoms with van der Waals surface area (Å²) in [7, 11) is 0. The fourth-order valence-corrected chi connectivity index (χ4v) is 1.10. The fraction of sp³-hybridized carbons (Fsp3) is 0.0833. The predicted octanol–water partition coefficient (Wildman–Crippen LogP) is 1.71. The van der Waals surface area contributed by atoms with Crippen molar-refractivity contribution in [1.82, 2.24) is 5.32 Å². The summed E-state index contributed by atoms with van der Waals surface area (Å²) in [6.45, 7) is 3.89. The summed E-state index contributed by atoms with van der Waals surface area (Å²) in [5, 5.41) is 12.0. The van der Waals surface area contributed by atoms with Crippen LogP contribution in [0.3, 0.4) is 0 Å². The lowest BCUT2D eigenvalue weighted by molar-refractivity contribution is -0.116. The first-order valence-electron chi connectivity index (χ1n) is 4.79. The molecule has 0 aliphatic carbocycles. The van der Waals surface area contributed by atoms with Crippen molar-refractivity contribution in [2.24, 2.45) is 0 Å². The van der Waals surface area contributed by atoms with E-state index in [1.165, 1.54) is 18.2 Å². The van der Waals surface area contributed by atoms with E-state index in [1.807, 2.05) is 0 Å². The highest BCUT2D eigenvalue weighted by molar-refractivity contribution is 5.92. The number of nitrogens with two attached hydrogens (primary N) is 1. The van der Waals surface area contributed by atoms with Gasteiger partial charge in [0.1, 0.15) is 5.75 Å². The minimum atomic E-state index is -0.248. The van der Waals surface area contributed by atoms with Gasteiger partial charge in [-0.1, -0.05) is 6.08 Å². The standard InChI is InChI=1S/C12H14N2O2.ClH/c1-2-7-14-12(16)6-3-9-8-10(13)4-5-11(9)15;/h2-6,8,15H,1,7,13H2,(H,14,16);1H/b6-3+;. The zero-order valence-corrected chi connectivity index (χ0v) is 10.0. The Labute approximate surface area is 106 Å². The SMILES string of the molecule is C=CCNC(=O)/C=C/c1cc(N)ccc1O.Cl. The first-order valence-corrected chi connectivity index (χ1v) is 4.79. The minimum Gasteiger partial charge on any atom is -0.507 e. The number of hydrogen-bond acceptors (Lipinski definition) is 3. The molecule has 0 radical (unpaired) electrons. The third kappa shape index (κ3) is 5.08. The van der Waals surface area contributed by atoms with Crippen molar-refractivity contribution in [2.75, 3.05) is 12.3 Å². The van der Waals surface area contributed by atoms with Crippen LogP contribution in [0.5, 0.6) is 5.75 Å². The lowest BCUT2D eigenvalue weighted by Gasteiger charge is -2.00. The van der Waals surface area contributed by atoms with Gasteiger partial charge in [0.15, 0.2) is 0 Å². The van der Waals surface area contributed by atoms with E-state index in [1.54, 1.807) is 18.2 Å². The highest BCUT2D eigenvalue weighted by Crippen LogP contribution is 2.20. The molecule has 0 aliphatic heterocycles. The summed E-state index contributed by atoms with van der Waals surface area (Å²) in [4.78, 5) is 11.2. The number of rotatable bonds is 4. The molecule has 1 aromatic carbocycles. The molecule has 0 saturated carbocycles. The van der Waals surface area contributed by atoms with E-state index in [2.05, 4.69) is 11.9 Å². The number of carbonyl (C=O) groups is 1. The Morgan fingerprint density at radius 1 is 1.53 bits per heavy atom. The molecule has 17 heavy (non-hydrogen) atoms. The van der Waals surface area contributed by atoms with Gasteiger partial charge >= 0.3 is 0 Å². The Morgan fingerprint density at radius 3 is 2.88 bits per heavy atom. The van der Waals surface area contributed by atoms with E-state index in [0.29, 0.717) is 17.8 Å². The van der Waals surface area contributed by atoms with E-state index < -0.39 is 0 Å². The number of aromatic hydroxyl groups is 1. The molecular weight excluding hydrogens is 240 g/mol. The molecular formula is C12H15ClN2O2. The molecule has 0 spiro atoms. The molecule has 92 valence electrons. The van der Waals surface area contributed by atoms with Crippen molar-refractivity contribution >= 4 is 30.1 Å². The summed E-state index contributed by atoms with van der Waals surface area (Å²) in [6.07, 6.45) is 4.42. The summed E-state index contributed by atoms with van der Waals surface area (Å²) in [5.41, 5.74) is 6.59. The molecule has 0 bridgehead atoms. The van der Waals surface area contributed by atoms with Crippen LogP contribution in [0, 0.1) is 0 Å². The fourth-order valence-electron chi connectivity index (χ4n) is 1.10. The van der Waals surface area contributed by atoms with Gasteiger partial charge in [0.2, 0.25) is 5.91 Å². The van der Waals surface area contributed by atoms with E-state index in [0.717, 1.165) is 0 Å². The van der Waals surface area contributed by atoms with Crippen LogP contribution >= 0.6 is 12.4 Å². The molecule has 0 aromatic heterocycles. The Bertz CT molecular complexity index is 431. The van der Waals surface area contributed by atoms with Crippen LogP contribution in [0.4, 0.5) is 5.69 Å². The first kappa shape index (κ1) is 15.1. The van der Waals surface area contributed by atoms with Gasteiger partial charge in [0.05, 0.1) is 0 Å². The zero-order chi connectivity index (χ0) is 12.0. The third-order valence-corrected chi connectivity index (χ3v) is 1.89. The monoisotopic (exact) mass is 254 g/mol. The zero-order valence-electron chi connectivity index (χ0n) is 9.22. The number of nitrogens with one attached hydrogen (secondary N) is 1. The second kappa shape index (κ2) is 7.35. The Kier molecular flexibility index (Phi) is 6.51. The number of nitrogen functional groups attached to an aromatic ring is 1. The number of hydrogen-bond donors (Lipinski definition) is 3. The van der Waals surface area contributed by atoms with Crippen molar-refractivity contribution in [2.45, 2.75) is 0 Å². The maximum atomic E-state index is 11.2. The van der Waals surface area contributed by atoms with Crippen LogP contribution in [0.25, 0.3) is 6.08 Å². The number of benzene rings is 1. The quantitative estimate of drug-likeness (QED) is 0.331. The molecule has 1 aromatic rings. The number of anilines is 1. The van der Waals surface area contributed by atoms with Crippen LogP contribution in [-0.2, 0) is 4.79 Å². The Hall–Kier alpha value is -1.94. The van der Waals surface area contributed by atoms with Crippen LogP contribution in [0.2, 0.25) is 0 Å². The van der Waals surface area contributed by atoms with Crippen LogP contribution in [0.15, 0.2) is 36.9 Å². The van der Waals surface area contributed by atoms with E-state index in [9.17, 15) is 9.90 Å². The van der Waals surface area contributed by atoms with Crippen LogP contribution in [0.1, 0.15) is 5.56 Å². The maximum Gasteiger partial charge on any atom is 0.244 e. The number of amides is 1. The average molecular weight is 255 g/mol. The van der Waals surface area contributed by atoms with Crippen molar-refractivity contribution < 1.29 is 9.90 Å². The Morgan fingerprint density at radius 2 is 2.24 bits per heavy atom. The highest BCUT2D eigenvalue weighted by Gasteiger charge is 1.98. The highest BCUT2D eigenvalue weighted by atomic mass is 35.5. The minimum absolute atomic E-state index is 0. The van der Waals surface area contributed by atoms with Crippen LogP contribution in [-0.4, -0.2) is 17.6 Å². The number of phenolic OH excluding ortho intramolecular Hbond substituents is 1. The molecule has 0 heterocycles. The molecule has 0 saturated heterocycles. The molecule has 0 fully saturated rings. The molecule has 5 heteroatoms. The van der Waals surface area contributed by atoms with E-state index >= 15 is 0 Å². The van der Waals surface area contributed by atoms with Crippen molar-refractivity contribution in [3.8, 4) is 5.75 Å². The number of carbonyl (C=O) groups excluding carboxylic acids is 1. The van der Waals surface area contributed by atoms with E-state index in [-0.39, 0.29) is 24.1 Å². The Balaban J connectivity index is 0.00000256. The van der Waals surface area contributed by atoms with E-state index in [4.69, 9.17) is 5.73 Å². The molecule has 0 unspecified atom stereocenters. The average Bonchev–Trinajstić information content (AvgIpc) is 2.27. The van der Waals surface area contributed by atoms with Crippen molar-refractivity contribution in [1.29, 1.82) is 0 Å². The normalized spacial score (nSPS) is 9.65. The van der Waals surface area contributed by atoms with Gasteiger partial charge in [-0.15, -0.1) is 19.0 Å². The van der Waals surface area contributed by atoms with Gasteiger partial charge < -0.3 is 16.2 Å². The lowest BCUT2D eigenvalue weighted by atomic mass is 10.1. The van der Waals surface area contributed by atoms with Gasteiger partial charge in [0.25, 0.3) is 0 Å². The first-order chi connectivity index (χ1) is 7.63. The van der Waals surface area contributed by atoms with Gasteiger partial charge in [0, 0.05) is 23.9 Å². The summed E-state index contributed by atoms with van der Waals surface area (Å²) < 4.78 is 0. The molecule has 1 amide bonds. The summed E-state index contributed by atoms with van der Waals surface area (Å²) in [6, 6.07) is 4.66. The van der Waals surface area contributed by atoms with Gasteiger partial charge in [-0.2, -0.15) is 0 Å². The lowest BCUT2D eigenvalue weighted by Crippen LogP contribution is -2.20. The molecule has 4 N–H and O–H groups in total. The predicted molar refractivity (Wildman–Crippen MR) is 72.0 cm³/mol. The second-order valence-corrected chi connectivity index (χ2v) is 3.19. The summed E-state index contributed by atoms with van der Waals surface area (Å²) in [5.74, 6) is -0.163.